The second-order valence-electron chi connectivity index (χ2n) is 2.15. The van der Waals surface area contributed by atoms with E-state index >= 15 is 0 Å². The molecule has 70 valence electrons. The summed E-state index contributed by atoms with van der Waals surface area (Å²) < 4.78 is 78.7. The van der Waals surface area contributed by atoms with Crippen molar-refractivity contribution in [1.82, 2.24) is 10.2 Å². The van der Waals surface area contributed by atoms with Crippen molar-refractivity contribution in [3.63, 3.8) is 0 Å². The quantitative estimate of drug-likeness (QED) is 0.767. The van der Waals surface area contributed by atoms with Gasteiger partial charge in [-0.25, -0.2) is 0 Å². The molecule has 0 unspecified atom stereocenters. The van der Waals surface area contributed by atoms with Crippen molar-refractivity contribution in [2.45, 2.75) is 19.1 Å². The van der Waals surface area contributed by atoms with Gasteiger partial charge in [0.1, 0.15) is 4.60 Å². The molecule has 2 heterocycles. The van der Waals surface area contributed by atoms with Gasteiger partial charge in [-0.15, -0.1) is 10.2 Å². The molecule has 1 aliphatic heterocycles. The van der Waals surface area contributed by atoms with Gasteiger partial charge in [0.05, 0.1) is 0 Å². The molecule has 0 spiro atoms. The lowest BCUT2D eigenvalue weighted by Gasteiger charge is -2.26. The number of piperidine rings is 1. The maximum absolute atomic E-state index is 7.96. The van der Waals surface area contributed by atoms with E-state index < -0.39 is 37.9 Å². The molecular weight excluding hydrogens is 230 g/mol. The van der Waals surface area contributed by atoms with Crippen molar-refractivity contribution in [2.75, 3.05) is 17.9 Å². The van der Waals surface area contributed by atoms with Crippen LogP contribution in [0.2, 0.25) is 0 Å². The van der Waals surface area contributed by atoms with E-state index in [9.17, 15) is 0 Å². The van der Waals surface area contributed by atoms with Crippen LogP contribution >= 0.6 is 15.9 Å². The molecule has 0 aromatic carbocycles. The van der Waals surface area contributed by atoms with E-state index in [1.165, 1.54) is 6.07 Å². The van der Waals surface area contributed by atoms with Gasteiger partial charge >= 0.3 is 0 Å². The number of anilines is 1. The van der Waals surface area contributed by atoms with Crippen LogP contribution in [0.5, 0.6) is 0 Å². The van der Waals surface area contributed by atoms with Crippen LogP contribution in [0, 0.1) is 0 Å². The van der Waals surface area contributed by atoms with Gasteiger partial charge in [0, 0.05) is 26.7 Å². The minimum atomic E-state index is -3.44. The molecular formula is C9H12BrN3. The molecule has 0 atom stereocenters. The number of rotatable bonds is 1. The van der Waals surface area contributed by atoms with Crippen LogP contribution in [-0.4, -0.2) is 23.2 Å². The summed E-state index contributed by atoms with van der Waals surface area (Å²) in [4.78, 5) is 0.167. The molecule has 0 amide bonds. The Hall–Kier alpha value is -0.640. The lowest BCUT2D eigenvalue weighted by molar-refractivity contribution is 0.571. The summed E-state index contributed by atoms with van der Waals surface area (Å²) >= 11 is 3.00. The summed E-state index contributed by atoms with van der Waals surface area (Å²) in [5.74, 6) is -0.452. The van der Waals surface area contributed by atoms with E-state index in [0.717, 1.165) is 6.07 Å². The normalized spacial score (nSPS) is 48.2. The van der Waals surface area contributed by atoms with E-state index in [2.05, 4.69) is 26.1 Å². The summed E-state index contributed by atoms with van der Waals surface area (Å²) in [5, 5.41) is 7.14. The highest BCUT2D eigenvalue weighted by atomic mass is 79.9. The predicted octanol–water partition coefficient (Wildman–Crippen LogP) is 2.23. The third-order valence-corrected chi connectivity index (χ3v) is 1.73. The SMILES string of the molecule is [2H]C1([2H])N(c2ccc(Br)nn2)C([2H])([2H])C([2H])([2H])C([2H])([2H])C1([2H])[2H]. The average molecular weight is 252 g/mol. The average Bonchev–Trinajstić information content (AvgIpc) is 2.39. The van der Waals surface area contributed by atoms with Crippen molar-refractivity contribution in [3.05, 3.63) is 16.7 Å². The fraction of sp³-hybridized carbons (Fsp3) is 0.556. The zero-order valence-electron chi connectivity index (χ0n) is 16.4. The van der Waals surface area contributed by atoms with Crippen LogP contribution < -0.4 is 4.90 Å². The standard InChI is InChI=1S/C9H12BrN3/c10-8-4-5-9(12-11-8)13-6-2-1-3-7-13/h4-5H,1-3,6-7H2/i1D2,2D2,3D2,6D2,7D2. The van der Waals surface area contributed by atoms with Crippen LogP contribution in [0.1, 0.15) is 32.8 Å². The highest BCUT2D eigenvalue weighted by molar-refractivity contribution is 9.10. The first kappa shape index (κ1) is 2.92. The Labute approximate surface area is 100 Å². The van der Waals surface area contributed by atoms with Gasteiger partial charge in [0.15, 0.2) is 5.82 Å². The summed E-state index contributed by atoms with van der Waals surface area (Å²) in [6.07, 6.45) is -10.2. The van der Waals surface area contributed by atoms with Crippen molar-refractivity contribution < 1.29 is 13.7 Å². The lowest BCUT2D eigenvalue weighted by Crippen LogP contribution is -2.30. The van der Waals surface area contributed by atoms with E-state index in [0.29, 0.717) is 0 Å². The molecule has 0 radical (unpaired) electrons. The number of nitrogens with zero attached hydrogens (tertiary/aromatic N) is 3. The maximum Gasteiger partial charge on any atom is 0.151 e. The third kappa shape index (κ3) is 2.18. The summed E-state index contributed by atoms with van der Waals surface area (Å²) in [7, 11) is 0. The Morgan fingerprint density at radius 2 is 2.00 bits per heavy atom. The zero-order chi connectivity index (χ0) is 18.1. The molecule has 1 fully saturated rings. The first-order valence-electron chi connectivity index (χ1n) is 8.42. The lowest BCUT2D eigenvalue weighted by atomic mass is 10.1. The molecule has 1 saturated heterocycles. The summed E-state index contributed by atoms with van der Waals surface area (Å²) in [6.45, 7) is -6.46. The van der Waals surface area contributed by atoms with Gasteiger partial charge < -0.3 is 4.90 Å². The molecule has 1 aliphatic rings. The summed E-state index contributed by atoms with van der Waals surface area (Å²) in [5.41, 5.74) is 0. The van der Waals surface area contributed by atoms with Crippen molar-refractivity contribution in [3.8, 4) is 0 Å². The van der Waals surface area contributed by atoms with Gasteiger partial charge in [-0.3, -0.25) is 0 Å². The van der Waals surface area contributed by atoms with Crippen LogP contribution in [0.25, 0.3) is 0 Å². The predicted molar refractivity (Wildman–Crippen MR) is 55.8 cm³/mol. The van der Waals surface area contributed by atoms with E-state index in [1.807, 2.05) is 0 Å². The molecule has 3 nitrogen and oxygen atoms in total. The van der Waals surface area contributed by atoms with E-state index in [4.69, 9.17) is 13.7 Å². The second-order valence-corrected chi connectivity index (χ2v) is 2.96. The highest BCUT2D eigenvalue weighted by Gasteiger charge is 2.11. The Morgan fingerprint density at radius 3 is 2.62 bits per heavy atom. The monoisotopic (exact) mass is 251 g/mol. The maximum atomic E-state index is 7.96. The zero-order valence-corrected chi connectivity index (χ0v) is 7.96. The topological polar surface area (TPSA) is 29.0 Å². The smallest absolute Gasteiger partial charge is 0.151 e. The van der Waals surface area contributed by atoms with Crippen LogP contribution in [0.4, 0.5) is 5.82 Å². The number of hydrogen-bond donors (Lipinski definition) is 0. The number of halogens is 1. The molecule has 0 aliphatic carbocycles. The Morgan fingerprint density at radius 1 is 1.23 bits per heavy atom. The van der Waals surface area contributed by atoms with Gasteiger partial charge in [-0.1, -0.05) is 0 Å². The van der Waals surface area contributed by atoms with Gasteiger partial charge in [0.25, 0.3) is 0 Å². The second kappa shape index (κ2) is 4.05. The minimum Gasteiger partial charge on any atom is -0.355 e. The van der Waals surface area contributed by atoms with Crippen molar-refractivity contribution in [1.29, 1.82) is 0 Å². The highest BCUT2D eigenvalue weighted by Crippen LogP contribution is 2.17. The Bertz CT molecular complexity index is 587. The third-order valence-electron chi connectivity index (χ3n) is 1.31. The van der Waals surface area contributed by atoms with E-state index in [-0.39, 0.29) is 9.50 Å². The Kier molecular flexibility index (Phi) is 0.910. The molecule has 0 bridgehead atoms. The minimum absolute atomic E-state index is 0.167. The molecule has 0 saturated carbocycles. The fourth-order valence-corrected chi connectivity index (χ4v) is 0.981. The fourth-order valence-electron chi connectivity index (χ4n) is 0.770. The molecule has 1 aromatic rings. The van der Waals surface area contributed by atoms with E-state index in [1.54, 1.807) is 0 Å². The molecule has 13 heavy (non-hydrogen) atoms. The van der Waals surface area contributed by atoms with Gasteiger partial charge in [-0.2, -0.15) is 0 Å². The Balaban J connectivity index is 2.77. The van der Waals surface area contributed by atoms with Gasteiger partial charge in [-0.05, 0) is 47.2 Å². The van der Waals surface area contributed by atoms with Crippen LogP contribution in [0.3, 0.4) is 0 Å². The molecule has 1 aromatic heterocycles. The largest absolute Gasteiger partial charge is 0.355 e. The number of hydrogen-bond acceptors (Lipinski definition) is 3. The van der Waals surface area contributed by atoms with Gasteiger partial charge in [0.2, 0.25) is 0 Å². The first-order valence-corrected chi connectivity index (χ1v) is 4.21. The summed E-state index contributed by atoms with van der Waals surface area (Å²) in [6, 6.07) is 2.45. The van der Waals surface area contributed by atoms with Crippen molar-refractivity contribution in [2.24, 2.45) is 0 Å². The number of aromatic nitrogens is 2. The van der Waals surface area contributed by atoms with Crippen molar-refractivity contribution >= 4 is 21.7 Å². The molecule has 4 heteroatoms. The van der Waals surface area contributed by atoms with Crippen LogP contribution in [0.15, 0.2) is 16.7 Å². The van der Waals surface area contributed by atoms with Crippen LogP contribution in [-0.2, 0) is 0 Å². The first-order chi connectivity index (χ1) is 10.1. The molecule has 0 N–H and O–H groups in total. The molecule has 2 rings (SSSR count).